The largest absolute Gasteiger partial charge is 0 e. The van der Waals surface area contributed by atoms with Gasteiger partial charge in [0.05, 0.1) is 0 Å². The molecule has 0 spiro atoms. The molecule has 0 aliphatic heterocycles. The van der Waals surface area contributed by atoms with Crippen LogP contribution in [0.25, 0.3) is 0 Å². The zero-order chi connectivity index (χ0) is 0. The zero-order valence-electron chi connectivity index (χ0n) is 2.14. The quantitative estimate of drug-likeness (QED) is 0.383. The first-order valence-corrected chi connectivity index (χ1v) is 0. The first-order chi connectivity index (χ1) is 0. The molecule has 0 saturated heterocycles. The fourth-order valence-electron chi connectivity index (χ4n) is 0. The first kappa shape index (κ1) is 31.2. The maximum absolute atomic E-state index is 0. The van der Waals surface area contributed by atoms with Crippen LogP contribution in [0.15, 0.2) is 0 Å². The van der Waals surface area contributed by atoms with Crippen LogP contribution in [0.3, 0.4) is 0 Å². The summed E-state index contributed by atoms with van der Waals surface area (Å²) in [6, 6.07) is 0. The second-order valence-electron chi connectivity index (χ2n) is 0. The van der Waals surface area contributed by atoms with E-state index >= 15 is 0 Å². The Morgan fingerprint density at radius 2 is 1.00 bits per heavy atom. The topological polar surface area (TPSA) is 0 Å². The van der Waals surface area contributed by atoms with Crippen molar-refractivity contribution in [1.29, 1.82) is 0 Å². The standard InChI is InChI=1S/Al.Ca.Fe.Si. The molecule has 4 heavy (non-hydrogen) atoms. The van der Waals surface area contributed by atoms with Crippen LogP contribution in [0, 0.1) is 0 Å². The van der Waals surface area contributed by atoms with E-state index in [-0.39, 0.29) is 83.1 Å². The average molecular weight is 151 g/mol. The SMILES string of the molecule is [Al].[Ca].[Fe].[Si]. The molecule has 0 aromatic heterocycles. The van der Waals surface area contributed by atoms with E-state index in [4.69, 9.17) is 0 Å². The Balaban J connectivity index is 0. The molecule has 0 saturated carbocycles. The van der Waals surface area contributed by atoms with Crippen molar-refractivity contribution in [3.05, 3.63) is 0 Å². The smallest absolute Gasteiger partial charge is 0 e. The Hall–Kier alpha value is 2.53. The van der Waals surface area contributed by atoms with Gasteiger partial charge in [-0.3, -0.25) is 0 Å². The summed E-state index contributed by atoms with van der Waals surface area (Å²) in [7, 11) is 0. The summed E-state index contributed by atoms with van der Waals surface area (Å²) in [6.07, 6.45) is 0. The molecule has 9 radical (unpaired) electrons. The van der Waals surface area contributed by atoms with E-state index in [1.807, 2.05) is 0 Å². The summed E-state index contributed by atoms with van der Waals surface area (Å²) in [5.41, 5.74) is 0. The van der Waals surface area contributed by atoms with Crippen LogP contribution in [-0.4, -0.2) is 66.1 Å². The molecule has 0 aliphatic carbocycles. The molecule has 0 fully saturated rings. The normalized spacial score (nSPS) is 0. The Morgan fingerprint density at radius 3 is 1.00 bits per heavy atom. The van der Waals surface area contributed by atoms with Crippen LogP contribution in [0.2, 0.25) is 0 Å². The van der Waals surface area contributed by atoms with Gasteiger partial charge < -0.3 is 0 Å². The average Bonchev–Trinajstić information content (AvgIpc) is 0. The molecule has 0 rings (SSSR count). The molecule has 0 unspecified atom stereocenters. The van der Waals surface area contributed by atoms with Crippen LogP contribution in [-0.2, 0) is 17.1 Å². The van der Waals surface area contributed by atoms with Gasteiger partial charge in [-0.1, -0.05) is 0 Å². The molecular formula is AlCaFeSi. The van der Waals surface area contributed by atoms with Crippen molar-refractivity contribution in [3.63, 3.8) is 0 Å². The van der Waals surface area contributed by atoms with E-state index in [1.54, 1.807) is 0 Å². The molecule has 0 nitrogen and oxygen atoms in total. The van der Waals surface area contributed by atoms with E-state index in [0.717, 1.165) is 0 Å². The van der Waals surface area contributed by atoms with Gasteiger partial charge >= 0.3 is 0 Å². The molecule has 0 aromatic carbocycles. The zero-order valence-corrected chi connectivity index (χ0v) is 7.61. The van der Waals surface area contributed by atoms with Gasteiger partial charge in [-0.2, -0.15) is 0 Å². The Kier molecular flexibility index (Phi) is 138. The third-order valence-corrected chi connectivity index (χ3v) is 0. The Labute approximate surface area is 81.7 Å². The molecule has 0 amide bonds. The fraction of sp³-hybridized carbons (Fsp3) is 0. The van der Waals surface area contributed by atoms with Crippen molar-refractivity contribution in [2.45, 2.75) is 0 Å². The van der Waals surface area contributed by atoms with Crippen molar-refractivity contribution in [1.82, 2.24) is 0 Å². The summed E-state index contributed by atoms with van der Waals surface area (Å²) >= 11 is 0. The third-order valence-electron chi connectivity index (χ3n) is 0. The van der Waals surface area contributed by atoms with Gasteiger partial charge in [0.1, 0.15) is 0 Å². The summed E-state index contributed by atoms with van der Waals surface area (Å²) < 4.78 is 0. The molecule has 4 heteroatoms. The van der Waals surface area contributed by atoms with Crippen molar-refractivity contribution in [2.75, 3.05) is 0 Å². The maximum Gasteiger partial charge on any atom is 0 e. The van der Waals surface area contributed by atoms with Crippen LogP contribution in [0.1, 0.15) is 0 Å². The fourth-order valence-corrected chi connectivity index (χ4v) is 0. The third kappa shape index (κ3) is 8.82. The minimum absolute atomic E-state index is 0. The molecule has 0 N–H and O–H groups in total. The number of rotatable bonds is 0. The summed E-state index contributed by atoms with van der Waals surface area (Å²) in [5, 5.41) is 0. The molecule has 0 heterocycles. The van der Waals surface area contributed by atoms with Crippen LogP contribution >= 0.6 is 0 Å². The second kappa shape index (κ2) is 17.7. The van der Waals surface area contributed by atoms with E-state index in [9.17, 15) is 0 Å². The van der Waals surface area contributed by atoms with E-state index < -0.39 is 0 Å². The molecule has 17 valence electrons. The van der Waals surface area contributed by atoms with Gasteiger partial charge in [-0.15, -0.1) is 0 Å². The molecule has 0 aliphatic rings. The first-order valence-electron chi connectivity index (χ1n) is 0. The summed E-state index contributed by atoms with van der Waals surface area (Å²) in [4.78, 5) is 0. The van der Waals surface area contributed by atoms with Crippen molar-refractivity contribution < 1.29 is 17.1 Å². The van der Waals surface area contributed by atoms with Gasteiger partial charge in [0.15, 0.2) is 0 Å². The predicted octanol–water partition coefficient (Wildman–Crippen LogP) is -1.14. The van der Waals surface area contributed by atoms with E-state index in [0.29, 0.717) is 0 Å². The predicted molar refractivity (Wildman–Crippen MR) is 17.3 cm³/mol. The van der Waals surface area contributed by atoms with Gasteiger partial charge in [0.25, 0.3) is 0 Å². The molecule has 0 bridgehead atoms. The van der Waals surface area contributed by atoms with Gasteiger partial charge in [-0.05, 0) is 0 Å². The second-order valence-corrected chi connectivity index (χ2v) is 0. The minimum Gasteiger partial charge on any atom is 0 e. The summed E-state index contributed by atoms with van der Waals surface area (Å²) in [6.45, 7) is 0. The Bertz CT molecular complexity index is 8.00. The maximum atomic E-state index is 0. The van der Waals surface area contributed by atoms with Crippen molar-refractivity contribution >= 4 is 66.1 Å². The summed E-state index contributed by atoms with van der Waals surface area (Å²) in [5.74, 6) is 0. The van der Waals surface area contributed by atoms with Crippen LogP contribution < -0.4 is 0 Å². The van der Waals surface area contributed by atoms with Crippen LogP contribution in [0.5, 0.6) is 0 Å². The van der Waals surface area contributed by atoms with Crippen molar-refractivity contribution in [2.24, 2.45) is 0 Å². The monoisotopic (exact) mass is 151 g/mol. The van der Waals surface area contributed by atoms with Gasteiger partial charge in [0, 0.05) is 83.1 Å². The van der Waals surface area contributed by atoms with E-state index in [2.05, 4.69) is 0 Å². The van der Waals surface area contributed by atoms with Crippen LogP contribution in [0.4, 0.5) is 0 Å². The Morgan fingerprint density at radius 1 is 1.00 bits per heavy atom. The molecule has 0 aromatic rings. The number of hydrogen-bond donors (Lipinski definition) is 0. The molecule has 0 atom stereocenters. The van der Waals surface area contributed by atoms with E-state index in [1.165, 1.54) is 0 Å². The minimum atomic E-state index is 0. The van der Waals surface area contributed by atoms with Crippen molar-refractivity contribution in [3.8, 4) is 0 Å². The van der Waals surface area contributed by atoms with Gasteiger partial charge in [-0.25, -0.2) is 0 Å². The van der Waals surface area contributed by atoms with Gasteiger partial charge in [0.2, 0.25) is 0 Å². The molecular weight excluding hydrogens is 151 g/mol. The number of hydrogen-bond acceptors (Lipinski definition) is 0.